The standard InChI is InChI=1S/C12H12FN3/c1-8-2-4-11(10(13)6-8)16-12-5-3-9(14)7-15-12/h2-7H,14H2,1H3,(H,15,16). The number of nitrogens with zero attached hydrogens (tertiary/aromatic N) is 1. The third-order valence-corrected chi connectivity index (χ3v) is 2.17. The second-order valence-corrected chi connectivity index (χ2v) is 3.59. The first kappa shape index (κ1) is 10.4. The van der Waals surface area contributed by atoms with Crippen LogP contribution in [0.3, 0.4) is 0 Å². The van der Waals surface area contributed by atoms with Crippen LogP contribution in [0.2, 0.25) is 0 Å². The molecule has 0 fully saturated rings. The van der Waals surface area contributed by atoms with Crippen molar-refractivity contribution in [2.45, 2.75) is 6.92 Å². The molecular weight excluding hydrogens is 205 g/mol. The molecule has 16 heavy (non-hydrogen) atoms. The molecule has 1 heterocycles. The SMILES string of the molecule is Cc1ccc(Nc2ccc(N)cn2)c(F)c1. The Kier molecular flexibility index (Phi) is 2.72. The molecule has 4 heteroatoms. The Bertz CT molecular complexity index is 494. The summed E-state index contributed by atoms with van der Waals surface area (Å²) in [5.41, 5.74) is 7.37. The van der Waals surface area contributed by atoms with Gasteiger partial charge in [-0.3, -0.25) is 0 Å². The molecule has 0 saturated heterocycles. The zero-order valence-corrected chi connectivity index (χ0v) is 8.87. The Morgan fingerprint density at radius 2 is 2.06 bits per heavy atom. The van der Waals surface area contributed by atoms with E-state index < -0.39 is 0 Å². The van der Waals surface area contributed by atoms with E-state index in [1.807, 2.05) is 13.0 Å². The number of benzene rings is 1. The number of nitrogens with two attached hydrogens (primary N) is 1. The minimum absolute atomic E-state index is 0.293. The van der Waals surface area contributed by atoms with Gasteiger partial charge in [0.15, 0.2) is 0 Å². The lowest BCUT2D eigenvalue weighted by Crippen LogP contribution is -1.97. The summed E-state index contributed by atoms with van der Waals surface area (Å²) in [6.07, 6.45) is 1.52. The Morgan fingerprint density at radius 1 is 1.25 bits per heavy atom. The summed E-state index contributed by atoms with van der Waals surface area (Å²) in [6, 6.07) is 8.40. The van der Waals surface area contributed by atoms with Crippen LogP contribution >= 0.6 is 0 Å². The van der Waals surface area contributed by atoms with Crippen molar-refractivity contribution in [3.63, 3.8) is 0 Å². The summed E-state index contributed by atoms with van der Waals surface area (Å²) < 4.78 is 13.5. The molecule has 0 spiro atoms. The number of nitrogens with one attached hydrogen (secondary N) is 1. The predicted molar refractivity (Wildman–Crippen MR) is 63.1 cm³/mol. The number of nitrogen functional groups attached to an aromatic ring is 1. The third-order valence-electron chi connectivity index (χ3n) is 2.17. The smallest absolute Gasteiger partial charge is 0.146 e. The Balaban J connectivity index is 2.23. The highest BCUT2D eigenvalue weighted by atomic mass is 19.1. The molecule has 0 aliphatic carbocycles. The highest BCUT2D eigenvalue weighted by molar-refractivity contribution is 5.58. The van der Waals surface area contributed by atoms with Crippen molar-refractivity contribution in [3.8, 4) is 0 Å². The fourth-order valence-corrected chi connectivity index (χ4v) is 1.34. The van der Waals surface area contributed by atoms with Gasteiger partial charge in [0.05, 0.1) is 17.6 Å². The van der Waals surface area contributed by atoms with E-state index in [0.717, 1.165) is 5.56 Å². The highest BCUT2D eigenvalue weighted by Gasteiger charge is 2.02. The Morgan fingerprint density at radius 3 is 2.69 bits per heavy atom. The summed E-state index contributed by atoms with van der Waals surface area (Å²) in [5.74, 6) is 0.274. The molecule has 1 aromatic heterocycles. The average Bonchev–Trinajstić information content (AvgIpc) is 2.25. The van der Waals surface area contributed by atoms with Gasteiger partial charge >= 0.3 is 0 Å². The van der Waals surface area contributed by atoms with Crippen molar-refractivity contribution >= 4 is 17.2 Å². The lowest BCUT2D eigenvalue weighted by molar-refractivity contribution is 0.630. The van der Waals surface area contributed by atoms with E-state index in [0.29, 0.717) is 17.2 Å². The van der Waals surface area contributed by atoms with Crippen molar-refractivity contribution < 1.29 is 4.39 Å². The van der Waals surface area contributed by atoms with E-state index >= 15 is 0 Å². The number of pyridine rings is 1. The first-order valence-corrected chi connectivity index (χ1v) is 4.90. The maximum absolute atomic E-state index is 13.5. The number of anilines is 3. The number of aryl methyl sites for hydroxylation is 1. The van der Waals surface area contributed by atoms with Gasteiger partial charge in [-0.2, -0.15) is 0 Å². The van der Waals surface area contributed by atoms with Crippen LogP contribution in [-0.4, -0.2) is 4.98 Å². The van der Waals surface area contributed by atoms with Gasteiger partial charge in [-0.1, -0.05) is 6.07 Å². The normalized spacial score (nSPS) is 10.1. The lowest BCUT2D eigenvalue weighted by atomic mass is 10.2. The van der Waals surface area contributed by atoms with E-state index in [1.165, 1.54) is 12.3 Å². The Hall–Kier alpha value is -2.10. The van der Waals surface area contributed by atoms with Crippen molar-refractivity contribution in [2.75, 3.05) is 11.1 Å². The molecule has 2 aromatic rings. The monoisotopic (exact) mass is 217 g/mol. The first-order valence-electron chi connectivity index (χ1n) is 4.90. The van der Waals surface area contributed by atoms with Gasteiger partial charge < -0.3 is 11.1 Å². The van der Waals surface area contributed by atoms with Gasteiger partial charge in [0.1, 0.15) is 11.6 Å². The number of hydrogen-bond donors (Lipinski definition) is 2. The summed E-state index contributed by atoms with van der Waals surface area (Å²) in [5, 5.41) is 2.88. The van der Waals surface area contributed by atoms with Gasteiger partial charge in [0.2, 0.25) is 0 Å². The summed E-state index contributed by atoms with van der Waals surface area (Å²) >= 11 is 0. The maximum Gasteiger partial charge on any atom is 0.146 e. The van der Waals surface area contributed by atoms with E-state index in [-0.39, 0.29) is 5.82 Å². The largest absolute Gasteiger partial charge is 0.397 e. The second kappa shape index (κ2) is 4.18. The van der Waals surface area contributed by atoms with E-state index in [2.05, 4.69) is 10.3 Å². The van der Waals surface area contributed by atoms with Crippen molar-refractivity contribution in [2.24, 2.45) is 0 Å². The molecule has 0 amide bonds. The van der Waals surface area contributed by atoms with Crippen LogP contribution in [-0.2, 0) is 0 Å². The van der Waals surface area contributed by atoms with Gasteiger partial charge in [-0.05, 0) is 36.8 Å². The van der Waals surface area contributed by atoms with Gasteiger partial charge in [0.25, 0.3) is 0 Å². The Labute approximate surface area is 93.1 Å². The van der Waals surface area contributed by atoms with Crippen LogP contribution in [0.5, 0.6) is 0 Å². The van der Waals surface area contributed by atoms with Crippen LogP contribution in [0.1, 0.15) is 5.56 Å². The summed E-state index contributed by atoms with van der Waals surface area (Å²) in [6.45, 7) is 1.84. The van der Waals surface area contributed by atoms with Crippen LogP contribution in [0, 0.1) is 12.7 Å². The van der Waals surface area contributed by atoms with E-state index in [9.17, 15) is 4.39 Å². The second-order valence-electron chi connectivity index (χ2n) is 3.59. The van der Waals surface area contributed by atoms with Gasteiger partial charge in [0, 0.05) is 0 Å². The van der Waals surface area contributed by atoms with Crippen molar-refractivity contribution in [3.05, 3.63) is 47.9 Å². The van der Waals surface area contributed by atoms with Gasteiger partial charge in [-0.15, -0.1) is 0 Å². The van der Waals surface area contributed by atoms with E-state index in [4.69, 9.17) is 5.73 Å². The molecule has 3 nitrogen and oxygen atoms in total. The fraction of sp³-hybridized carbons (Fsp3) is 0.0833. The van der Waals surface area contributed by atoms with Crippen LogP contribution in [0.15, 0.2) is 36.5 Å². The minimum Gasteiger partial charge on any atom is -0.397 e. The predicted octanol–water partition coefficient (Wildman–Crippen LogP) is 2.85. The number of hydrogen-bond acceptors (Lipinski definition) is 3. The molecule has 0 unspecified atom stereocenters. The first-order chi connectivity index (χ1) is 7.65. The van der Waals surface area contributed by atoms with Crippen molar-refractivity contribution in [1.82, 2.24) is 4.98 Å². The zero-order valence-electron chi connectivity index (χ0n) is 8.87. The topological polar surface area (TPSA) is 50.9 Å². The number of aromatic nitrogens is 1. The van der Waals surface area contributed by atoms with Crippen LogP contribution in [0.25, 0.3) is 0 Å². The molecule has 0 radical (unpaired) electrons. The molecule has 2 rings (SSSR count). The van der Waals surface area contributed by atoms with Gasteiger partial charge in [-0.25, -0.2) is 9.37 Å². The van der Waals surface area contributed by atoms with Crippen LogP contribution in [0.4, 0.5) is 21.6 Å². The molecule has 0 bridgehead atoms. The average molecular weight is 217 g/mol. The van der Waals surface area contributed by atoms with E-state index in [1.54, 1.807) is 18.2 Å². The fourth-order valence-electron chi connectivity index (χ4n) is 1.34. The molecule has 3 N–H and O–H groups in total. The lowest BCUT2D eigenvalue weighted by Gasteiger charge is -2.07. The molecule has 1 aromatic carbocycles. The molecular formula is C12H12FN3. The quantitative estimate of drug-likeness (QED) is 0.813. The number of rotatable bonds is 2. The number of halogens is 1. The molecule has 0 aliphatic rings. The summed E-state index contributed by atoms with van der Waals surface area (Å²) in [4.78, 5) is 4.03. The molecule has 0 saturated carbocycles. The molecule has 0 aliphatic heterocycles. The summed E-state index contributed by atoms with van der Waals surface area (Å²) in [7, 11) is 0. The zero-order chi connectivity index (χ0) is 11.5. The van der Waals surface area contributed by atoms with Crippen molar-refractivity contribution in [1.29, 1.82) is 0 Å². The minimum atomic E-state index is -0.293. The molecule has 0 atom stereocenters. The highest BCUT2D eigenvalue weighted by Crippen LogP contribution is 2.19. The van der Waals surface area contributed by atoms with Crippen LogP contribution < -0.4 is 11.1 Å². The maximum atomic E-state index is 13.5. The molecule has 82 valence electrons. The third kappa shape index (κ3) is 2.28.